The summed E-state index contributed by atoms with van der Waals surface area (Å²) in [5.74, 6) is 0.121. The number of carbonyl (C=O) groups excluding carboxylic acids is 1. The van der Waals surface area contributed by atoms with E-state index in [0.717, 1.165) is 46.1 Å². The molecule has 1 unspecified atom stereocenters. The molecule has 7 heteroatoms. The molecule has 1 N–H and O–H groups in total. The van der Waals surface area contributed by atoms with Gasteiger partial charge in [-0.1, -0.05) is 23.5 Å². The fourth-order valence-electron chi connectivity index (χ4n) is 3.50. The number of anilines is 2. The van der Waals surface area contributed by atoms with Crippen molar-refractivity contribution in [1.82, 2.24) is 15.3 Å². The zero-order chi connectivity index (χ0) is 19.5. The molecule has 0 spiro atoms. The lowest BCUT2D eigenvalue weighted by Gasteiger charge is -2.31. The molecule has 6 nitrogen and oxygen atoms in total. The first-order chi connectivity index (χ1) is 13.6. The molecule has 2 aromatic heterocycles. The van der Waals surface area contributed by atoms with Crippen LogP contribution in [0.3, 0.4) is 0 Å². The minimum absolute atomic E-state index is 0.00484. The average Bonchev–Trinajstić information content (AvgIpc) is 3.17. The van der Waals surface area contributed by atoms with Crippen LogP contribution in [0.1, 0.15) is 18.4 Å². The van der Waals surface area contributed by atoms with Crippen molar-refractivity contribution in [3.63, 3.8) is 0 Å². The third-order valence-electron chi connectivity index (χ3n) is 5.14. The second-order valence-corrected chi connectivity index (χ2v) is 8.34. The van der Waals surface area contributed by atoms with Gasteiger partial charge < -0.3 is 15.1 Å². The first-order valence-corrected chi connectivity index (χ1v) is 10.4. The van der Waals surface area contributed by atoms with E-state index in [1.807, 2.05) is 26.2 Å². The van der Waals surface area contributed by atoms with Gasteiger partial charge in [-0.2, -0.15) is 0 Å². The van der Waals surface area contributed by atoms with Gasteiger partial charge >= 0.3 is 0 Å². The largest absolute Gasteiger partial charge is 0.378 e. The van der Waals surface area contributed by atoms with E-state index in [0.29, 0.717) is 13.1 Å². The van der Waals surface area contributed by atoms with Crippen LogP contribution >= 0.6 is 11.3 Å². The lowest BCUT2D eigenvalue weighted by Crippen LogP contribution is -2.42. The third-order valence-corrected chi connectivity index (χ3v) is 6.18. The summed E-state index contributed by atoms with van der Waals surface area (Å²) in [7, 11) is 4.04. The smallest absolute Gasteiger partial charge is 0.225 e. The molecule has 3 aromatic rings. The molecule has 1 aliphatic rings. The van der Waals surface area contributed by atoms with E-state index in [9.17, 15) is 4.79 Å². The van der Waals surface area contributed by atoms with E-state index < -0.39 is 0 Å². The highest BCUT2D eigenvalue weighted by molar-refractivity contribution is 7.21. The van der Waals surface area contributed by atoms with E-state index in [1.165, 1.54) is 0 Å². The SMILES string of the molecule is CN(C)c1ccc(CNC(=O)C2CCCN(c3nc4cccnc4s3)C2)cc1. The first kappa shape index (κ1) is 18.7. The summed E-state index contributed by atoms with van der Waals surface area (Å²) in [6, 6.07) is 12.2. The Labute approximate surface area is 169 Å². The Hall–Kier alpha value is -2.67. The molecular weight excluding hydrogens is 370 g/mol. The summed E-state index contributed by atoms with van der Waals surface area (Å²) < 4.78 is 0. The first-order valence-electron chi connectivity index (χ1n) is 9.60. The second kappa shape index (κ2) is 8.14. The topological polar surface area (TPSA) is 61.4 Å². The van der Waals surface area contributed by atoms with E-state index >= 15 is 0 Å². The summed E-state index contributed by atoms with van der Waals surface area (Å²) in [4.78, 5) is 27.0. The van der Waals surface area contributed by atoms with Gasteiger partial charge in [0.2, 0.25) is 5.91 Å². The summed E-state index contributed by atoms with van der Waals surface area (Å²) >= 11 is 1.60. The molecular formula is C21H25N5OS. The Morgan fingerprint density at radius 3 is 2.86 bits per heavy atom. The van der Waals surface area contributed by atoms with Crippen molar-refractivity contribution >= 4 is 38.4 Å². The number of fused-ring (bicyclic) bond motifs is 1. The number of amides is 1. The van der Waals surface area contributed by atoms with Crippen LogP contribution in [-0.4, -0.2) is 43.1 Å². The molecule has 0 saturated carbocycles. The molecule has 28 heavy (non-hydrogen) atoms. The van der Waals surface area contributed by atoms with E-state index in [2.05, 4.69) is 44.4 Å². The number of rotatable bonds is 5. The molecule has 1 atom stereocenters. The van der Waals surface area contributed by atoms with Crippen LogP contribution in [0.15, 0.2) is 42.6 Å². The zero-order valence-electron chi connectivity index (χ0n) is 16.3. The minimum Gasteiger partial charge on any atom is -0.378 e. The quantitative estimate of drug-likeness (QED) is 0.718. The Morgan fingerprint density at radius 1 is 1.29 bits per heavy atom. The van der Waals surface area contributed by atoms with Crippen LogP contribution in [0, 0.1) is 5.92 Å². The molecule has 4 rings (SSSR count). The van der Waals surface area contributed by atoms with Gasteiger partial charge in [0, 0.05) is 45.6 Å². The molecule has 1 amide bonds. The van der Waals surface area contributed by atoms with Crippen LogP contribution in [-0.2, 0) is 11.3 Å². The minimum atomic E-state index is -0.00484. The highest BCUT2D eigenvalue weighted by atomic mass is 32.1. The van der Waals surface area contributed by atoms with Gasteiger partial charge in [0.1, 0.15) is 10.3 Å². The van der Waals surface area contributed by atoms with Gasteiger partial charge in [-0.15, -0.1) is 0 Å². The lowest BCUT2D eigenvalue weighted by molar-refractivity contribution is -0.125. The Kier molecular flexibility index (Phi) is 5.43. The lowest BCUT2D eigenvalue weighted by atomic mass is 9.97. The maximum atomic E-state index is 12.7. The van der Waals surface area contributed by atoms with Crippen LogP contribution in [0.4, 0.5) is 10.8 Å². The third kappa shape index (κ3) is 4.09. The highest BCUT2D eigenvalue weighted by Crippen LogP contribution is 2.30. The fourth-order valence-corrected chi connectivity index (χ4v) is 4.45. The maximum Gasteiger partial charge on any atom is 0.225 e. The molecule has 1 aromatic carbocycles. The van der Waals surface area contributed by atoms with Crippen molar-refractivity contribution < 1.29 is 4.79 Å². The predicted octanol–water partition coefficient (Wildman–Crippen LogP) is 3.29. The molecule has 146 valence electrons. The van der Waals surface area contributed by atoms with Crippen molar-refractivity contribution in [2.45, 2.75) is 19.4 Å². The summed E-state index contributed by atoms with van der Waals surface area (Å²) in [5, 5.41) is 4.07. The van der Waals surface area contributed by atoms with E-state index in [-0.39, 0.29) is 11.8 Å². The number of nitrogens with zero attached hydrogens (tertiary/aromatic N) is 4. The number of hydrogen-bond donors (Lipinski definition) is 1. The number of aromatic nitrogens is 2. The van der Waals surface area contributed by atoms with Crippen molar-refractivity contribution in [1.29, 1.82) is 0 Å². The number of pyridine rings is 1. The molecule has 1 aliphatic heterocycles. The Morgan fingerprint density at radius 2 is 2.11 bits per heavy atom. The number of thiazole rings is 1. The van der Waals surface area contributed by atoms with Gasteiger partial charge in [-0.3, -0.25) is 4.79 Å². The average molecular weight is 396 g/mol. The van der Waals surface area contributed by atoms with Crippen molar-refractivity contribution in [3.8, 4) is 0 Å². The Balaban J connectivity index is 1.36. The van der Waals surface area contributed by atoms with Gasteiger partial charge in [0.25, 0.3) is 0 Å². The molecule has 3 heterocycles. The predicted molar refractivity (Wildman–Crippen MR) is 115 cm³/mol. The molecule has 1 fully saturated rings. The summed E-state index contributed by atoms with van der Waals surface area (Å²) in [6.07, 6.45) is 3.71. The van der Waals surface area contributed by atoms with Gasteiger partial charge in [0.15, 0.2) is 5.13 Å². The summed E-state index contributed by atoms with van der Waals surface area (Å²) in [6.45, 7) is 2.22. The molecule has 0 radical (unpaired) electrons. The van der Waals surface area contributed by atoms with Crippen molar-refractivity contribution in [2.24, 2.45) is 5.92 Å². The maximum absolute atomic E-state index is 12.7. The summed E-state index contributed by atoms with van der Waals surface area (Å²) in [5.41, 5.74) is 3.20. The van der Waals surface area contributed by atoms with Gasteiger partial charge in [-0.05, 0) is 42.7 Å². The van der Waals surface area contributed by atoms with E-state index in [1.54, 1.807) is 17.5 Å². The fraction of sp³-hybridized carbons (Fsp3) is 0.381. The van der Waals surface area contributed by atoms with Crippen LogP contribution in [0.25, 0.3) is 10.3 Å². The van der Waals surface area contributed by atoms with Crippen LogP contribution in [0.5, 0.6) is 0 Å². The Bertz CT molecular complexity index is 920. The zero-order valence-corrected chi connectivity index (χ0v) is 17.1. The number of hydrogen-bond acceptors (Lipinski definition) is 6. The monoisotopic (exact) mass is 395 g/mol. The second-order valence-electron chi connectivity index (χ2n) is 7.39. The molecule has 1 saturated heterocycles. The normalized spacial score (nSPS) is 16.9. The van der Waals surface area contributed by atoms with Gasteiger partial charge in [0.05, 0.1) is 5.92 Å². The van der Waals surface area contributed by atoms with Gasteiger partial charge in [-0.25, -0.2) is 9.97 Å². The number of piperidine rings is 1. The molecule has 0 bridgehead atoms. The number of benzene rings is 1. The standard InChI is InChI=1S/C21H25N5OS/c1-25(2)17-9-7-15(8-10-17)13-23-19(27)16-5-4-12-26(14-16)21-24-18-6-3-11-22-20(18)28-21/h3,6-11,16H,4-5,12-14H2,1-2H3,(H,23,27). The molecule has 0 aliphatic carbocycles. The number of carbonyl (C=O) groups is 1. The van der Waals surface area contributed by atoms with Crippen LogP contribution in [0.2, 0.25) is 0 Å². The van der Waals surface area contributed by atoms with E-state index in [4.69, 9.17) is 4.98 Å². The highest BCUT2D eigenvalue weighted by Gasteiger charge is 2.27. The van der Waals surface area contributed by atoms with Crippen LogP contribution < -0.4 is 15.1 Å². The number of nitrogens with one attached hydrogen (secondary N) is 1. The van der Waals surface area contributed by atoms with Crippen molar-refractivity contribution in [3.05, 3.63) is 48.2 Å². The van der Waals surface area contributed by atoms with Crippen molar-refractivity contribution in [2.75, 3.05) is 37.0 Å².